The van der Waals surface area contributed by atoms with Crippen molar-refractivity contribution in [2.24, 2.45) is 0 Å². The van der Waals surface area contributed by atoms with E-state index in [9.17, 15) is 0 Å². The van der Waals surface area contributed by atoms with E-state index >= 15 is 0 Å². The SMILES string of the molecule is COCC(CNC/C=C/Cl)OC. The third kappa shape index (κ3) is 6.61. The highest BCUT2D eigenvalue weighted by molar-refractivity contribution is 6.25. The summed E-state index contributed by atoms with van der Waals surface area (Å²) in [6, 6.07) is 0. The van der Waals surface area contributed by atoms with Crippen LogP contribution in [0.15, 0.2) is 11.6 Å². The molecule has 3 nitrogen and oxygen atoms in total. The van der Waals surface area contributed by atoms with Gasteiger partial charge in [0.25, 0.3) is 0 Å². The van der Waals surface area contributed by atoms with E-state index in [1.165, 1.54) is 5.54 Å². The van der Waals surface area contributed by atoms with Gasteiger partial charge in [0, 0.05) is 32.8 Å². The van der Waals surface area contributed by atoms with Crippen LogP contribution in [0.4, 0.5) is 0 Å². The van der Waals surface area contributed by atoms with Crippen LogP contribution in [0.2, 0.25) is 0 Å². The van der Waals surface area contributed by atoms with E-state index in [0.29, 0.717) is 6.61 Å². The van der Waals surface area contributed by atoms with Gasteiger partial charge in [-0.05, 0) is 0 Å². The molecule has 0 fully saturated rings. The predicted molar refractivity (Wildman–Crippen MR) is 50.5 cm³/mol. The lowest BCUT2D eigenvalue weighted by Gasteiger charge is -2.13. The van der Waals surface area contributed by atoms with Gasteiger partial charge in [0.05, 0.1) is 12.7 Å². The zero-order valence-corrected chi connectivity index (χ0v) is 8.30. The van der Waals surface area contributed by atoms with Gasteiger partial charge in [0.1, 0.15) is 0 Å². The van der Waals surface area contributed by atoms with Crippen LogP contribution in [-0.4, -0.2) is 40.0 Å². The summed E-state index contributed by atoms with van der Waals surface area (Å²) in [4.78, 5) is 0. The first-order chi connectivity index (χ1) is 5.85. The van der Waals surface area contributed by atoms with E-state index in [2.05, 4.69) is 5.32 Å². The van der Waals surface area contributed by atoms with Crippen molar-refractivity contribution in [2.45, 2.75) is 6.10 Å². The monoisotopic (exact) mass is 193 g/mol. The van der Waals surface area contributed by atoms with Gasteiger partial charge in [-0.25, -0.2) is 0 Å². The molecule has 0 bridgehead atoms. The Balaban J connectivity index is 3.31. The molecular formula is C8H16ClNO2. The van der Waals surface area contributed by atoms with E-state index in [1.807, 2.05) is 6.08 Å². The Morgan fingerprint density at radius 2 is 2.25 bits per heavy atom. The fraction of sp³-hybridized carbons (Fsp3) is 0.750. The summed E-state index contributed by atoms with van der Waals surface area (Å²) in [7, 11) is 3.33. The third-order valence-corrected chi connectivity index (χ3v) is 1.59. The Bertz CT molecular complexity index is 120. The Morgan fingerprint density at radius 3 is 2.75 bits per heavy atom. The maximum atomic E-state index is 5.34. The molecular weight excluding hydrogens is 178 g/mol. The molecule has 0 aromatic carbocycles. The average molecular weight is 194 g/mol. The molecule has 0 aromatic heterocycles. The molecule has 0 radical (unpaired) electrons. The van der Waals surface area contributed by atoms with Crippen molar-refractivity contribution in [3.8, 4) is 0 Å². The molecule has 0 aliphatic rings. The summed E-state index contributed by atoms with van der Waals surface area (Å²) < 4.78 is 10.1. The number of methoxy groups -OCH3 is 2. The number of rotatable bonds is 7. The van der Waals surface area contributed by atoms with Crippen LogP contribution in [0.25, 0.3) is 0 Å². The summed E-state index contributed by atoms with van der Waals surface area (Å²) in [6.45, 7) is 2.13. The van der Waals surface area contributed by atoms with Crippen molar-refractivity contribution in [1.82, 2.24) is 5.32 Å². The van der Waals surface area contributed by atoms with Gasteiger partial charge in [-0.15, -0.1) is 0 Å². The Labute approximate surface area is 78.7 Å². The van der Waals surface area contributed by atoms with Crippen LogP contribution in [0, 0.1) is 0 Å². The molecule has 0 aromatic rings. The number of ether oxygens (including phenoxy) is 2. The molecule has 0 heterocycles. The average Bonchev–Trinajstić information content (AvgIpc) is 2.10. The van der Waals surface area contributed by atoms with E-state index in [1.54, 1.807) is 14.2 Å². The molecule has 0 aliphatic heterocycles. The maximum Gasteiger partial charge on any atom is 0.0928 e. The Kier molecular flexibility index (Phi) is 8.93. The topological polar surface area (TPSA) is 30.5 Å². The molecule has 4 heteroatoms. The van der Waals surface area contributed by atoms with Crippen molar-refractivity contribution in [1.29, 1.82) is 0 Å². The molecule has 0 saturated heterocycles. The fourth-order valence-corrected chi connectivity index (χ4v) is 0.857. The van der Waals surface area contributed by atoms with Crippen LogP contribution >= 0.6 is 11.6 Å². The Morgan fingerprint density at radius 1 is 1.50 bits per heavy atom. The van der Waals surface area contributed by atoms with Gasteiger partial charge in [0.2, 0.25) is 0 Å². The highest BCUT2D eigenvalue weighted by Gasteiger charge is 2.03. The number of hydrogen-bond acceptors (Lipinski definition) is 3. The van der Waals surface area contributed by atoms with Gasteiger partial charge in [-0.2, -0.15) is 0 Å². The number of halogens is 1. The smallest absolute Gasteiger partial charge is 0.0928 e. The third-order valence-electron chi connectivity index (χ3n) is 1.41. The lowest BCUT2D eigenvalue weighted by molar-refractivity contribution is 0.0295. The quantitative estimate of drug-likeness (QED) is 0.612. The summed E-state index contributed by atoms with van der Waals surface area (Å²) in [5, 5.41) is 3.15. The predicted octanol–water partition coefficient (Wildman–Crippen LogP) is 0.990. The molecule has 0 saturated carbocycles. The maximum absolute atomic E-state index is 5.34. The van der Waals surface area contributed by atoms with E-state index in [-0.39, 0.29) is 6.10 Å². The number of hydrogen-bond donors (Lipinski definition) is 1. The summed E-state index contributed by atoms with van der Waals surface area (Å²) in [6.07, 6.45) is 1.94. The molecule has 12 heavy (non-hydrogen) atoms. The molecule has 0 aliphatic carbocycles. The van der Waals surface area contributed by atoms with Gasteiger partial charge in [-0.1, -0.05) is 17.7 Å². The highest BCUT2D eigenvalue weighted by atomic mass is 35.5. The normalized spacial score (nSPS) is 13.9. The zero-order valence-electron chi connectivity index (χ0n) is 7.55. The van der Waals surface area contributed by atoms with Crippen molar-refractivity contribution < 1.29 is 9.47 Å². The second kappa shape index (κ2) is 9.00. The molecule has 1 atom stereocenters. The van der Waals surface area contributed by atoms with Crippen LogP contribution in [0.3, 0.4) is 0 Å². The first-order valence-corrected chi connectivity index (χ1v) is 4.26. The second-order valence-corrected chi connectivity index (χ2v) is 2.58. The standard InChI is InChI=1S/C8H16ClNO2/c1-11-7-8(12-2)6-10-5-3-4-9/h3-4,8,10H,5-7H2,1-2H3/b4-3+. The lowest BCUT2D eigenvalue weighted by Crippen LogP contribution is -2.31. The van der Waals surface area contributed by atoms with Crippen LogP contribution < -0.4 is 5.32 Å². The minimum atomic E-state index is 0.110. The lowest BCUT2D eigenvalue weighted by atomic mass is 10.3. The fourth-order valence-electron chi connectivity index (χ4n) is 0.768. The first-order valence-electron chi connectivity index (χ1n) is 3.82. The van der Waals surface area contributed by atoms with Crippen molar-refractivity contribution >= 4 is 11.6 Å². The van der Waals surface area contributed by atoms with Crippen molar-refractivity contribution in [3.05, 3.63) is 11.6 Å². The molecule has 0 spiro atoms. The van der Waals surface area contributed by atoms with Gasteiger partial charge < -0.3 is 14.8 Å². The van der Waals surface area contributed by atoms with Crippen molar-refractivity contribution in [2.75, 3.05) is 33.9 Å². The molecule has 72 valence electrons. The van der Waals surface area contributed by atoms with E-state index < -0.39 is 0 Å². The van der Waals surface area contributed by atoms with Crippen LogP contribution in [-0.2, 0) is 9.47 Å². The summed E-state index contributed by atoms with van der Waals surface area (Å²) in [5.74, 6) is 0. The van der Waals surface area contributed by atoms with Crippen LogP contribution in [0.1, 0.15) is 0 Å². The highest BCUT2D eigenvalue weighted by Crippen LogP contribution is 1.88. The molecule has 1 unspecified atom stereocenters. The number of nitrogens with one attached hydrogen (secondary N) is 1. The summed E-state index contributed by atoms with van der Waals surface area (Å²) >= 11 is 5.34. The van der Waals surface area contributed by atoms with Gasteiger partial charge in [-0.3, -0.25) is 0 Å². The zero-order chi connectivity index (χ0) is 9.23. The van der Waals surface area contributed by atoms with Crippen LogP contribution in [0.5, 0.6) is 0 Å². The van der Waals surface area contributed by atoms with Gasteiger partial charge in [0.15, 0.2) is 0 Å². The van der Waals surface area contributed by atoms with E-state index in [4.69, 9.17) is 21.1 Å². The largest absolute Gasteiger partial charge is 0.382 e. The van der Waals surface area contributed by atoms with Crippen molar-refractivity contribution in [3.63, 3.8) is 0 Å². The Hall–Kier alpha value is -0.0900. The second-order valence-electron chi connectivity index (χ2n) is 2.33. The minimum Gasteiger partial charge on any atom is -0.382 e. The first kappa shape index (κ1) is 11.9. The summed E-state index contributed by atoms with van der Waals surface area (Å²) in [5.41, 5.74) is 1.49. The minimum absolute atomic E-state index is 0.110. The molecule has 1 N–H and O–H groups in total. The molecule has 0 rings (SSSR count). The molecule has 0 amide bonds. The van der Waals surface area contributed by atoms with E-state index in [0.717, 1.165) is 13.1 Å². The van der Waals surface area contributed by atoms with Gasteiger partial charge >= 0.3 is 0 Å².